The predicted molar refractivity (Wildman–Crippen MR) is 35.9 cm³/mol. The van der Waals surface area contributed by atoms with Crippen molar-refractivity contribution in [1.29, 1.82) is 0 Å². The van der Waals surface area contributed by atoms with E-state index >= 15 is 0 Å². The highest BCUT2D eigenvalue weighted by atomic mass is 32.1. The van der Waals surface area contributed by atoms with Crippen LogP contribution in [0, 0.1) is 0 Å². The second-order valence-corrected chi connectivity index (χ2v) is 1.87. The minimum atomic E-state index is -0.266. The third kappa shape index (κ3) is 3.55. The molecule has 0 fully saturated rings. The topological polar surface area (TPSA) is 41.1 Å². The maximum Gasteiger partial charge on any atom is 0.319 e. The van der Waals surface area contributed by atoms with Gasteiger partial charge in [0.15, 0.2) is 0 Å². The normalized spacial score (nSPS) is 7.75. The molecular weight excluding hydrogens is 124 g/mol. The maximum absolute atomic E-state index is 10.3. The van der Waals surface area contributed by atoms with E-state index in [-0.39, 0.29) is 6.03 Å². The molecule has 3 nitrogen and oxygen atoms in total. The molecule has 4 heteroatoms. The summed E-state index contributed by atoms with van der Waals surface area (Å²) in [6.07, 6.45) is 0. The molecule has 0 radical (unpaired) electrons. The fourth-order valence-corrected chi connectivity index (χ4v) is 0.315. The number of thiocarbonyl (C=S) groups is 1. The Labute approximate surface area is 53.5 Å². The van der Waals surface area contributed by atoms with Crippen molar-refractivity contribution in [2.45, 2.75) is 6.92 Å². The van der Waals surface area contributed by atoms with E-state index in [0.29, 0.717) is 4.99 Å². The number of carbonyl (C=O) groups excluding carboxylic acids is 1. The van der Waals surface area contributed by atoms with Crippen LogP contribution in [0.3, 0.4) is 0 Å². The third-order valence-corrected chi connectivity index (χ3v) is 0.619. The van der Waals surface area contributed by atoms with E-state index in [9.17, 15) is 4.79 Å². The van der Waals surface area contributed by atoms with Gasteiger partial charge in [-0.2, -0.15) is 0 Å². The van der Waals surface area contributed by atoms with E-state index in [1.165, 1.54) is 7.05 Å². The van der Waals surface area contributed by atoms with Gasteiger partial charge >= 0.3 is 6.03 Å². The zero-order chi connectivity index (χ0) is 6.57. The molecule has 0 heterocycles. The molecule has 0 unspecified atom stereocenters. The first-order valence-electron chi connectivity index (χ1n) is 2.16. The highest BCUT2D eigenvalue weighted by molar-refractivity contribution is 7.80. The van der Waals surface area contributed by atoms with E-state index in [1.807, 2.05) is 0 Å². The van der Waals surface area contributed by atoms with Crippen molar-refractivity contribution in [3.63, 3.8) is 0 Å². The molecule has 0 saturated carbocycles. The molecule has 0 aliphatic carbocycles. The first-order valence-corrected chi connectivity index (χ1v) is 2.57. The average molecular weight is 132 g/mol. The fourth-order valence-electron chi connectivity index (χ4n) is 0.222. The minimum absolute atomic E-state index is 0.266. The van der Waals surface area contributed by atoms with Gasteiger partial charge in [0.25, 0.3) is 0 Å². The molecule has 0 saturated heterocycles. The highest BCUT2D eigenvalue weighted by Crippen LogP contribution is 1.65. The molecule has 0 aliphatic rings. The SMILES string of the molecule is CNC(=O)NC(C)=S. The standard InChI is InChI=1S/C4H8N2OS/c1-3(8)6-4(7)5-2/h1-2H3,(H2,5,6,7,8). The van der Waals surface area contributed by atoms with Gasteiger partial charge in [0.2, 0.25) is 0 Å². The molecule has 0 bridgehead atoms. The van der Waals surface area contributed by atoms with Crippen molar-refractivity contribution in [3.8, 4) is 0 Å². The van der Waals surface area contributed by atoms with E-state index in [0.717, 1.165) is 0 Å². The summed E-state index contributed by atoms with van der Waals surface area (Å²) in [5.74, 6) is 0. The Morgan fingerprint density at radius 3 is 2.25 bits per heavy atom. The summed E-state index contributed by atoms with van der Waals surface area (Å²) in [6.45, 7) is 1.64. The summed E-state index contributed by atoms with van der Waals surface area (Å²) in [6, 6.07) is -0.266. The number of carbonyl (C=O) groups is 1. The summed E-state index contributed by atoms with van der Waals surface area (Å²) in [4.78, 5) is 10.8. The van der Waals surface area contributed by atoms with Crippen LogP contribution in [0.4, 0.5) is 4.79 Å². The Kier molecular flexibility index (Phi) is 3.10. The van der Waals surface area contributed by atoms with Crippen molar-refractivity contribution in [2.24, 2.45) is 0 Å². The summed E-state index contributed by atoms with van der Waals surface area (Å²) in [7, 11) is 1.54. The zero-order valence-electron chi connectivity index (χ0n) is 4.82. The van der Waals surface area contributed by atoms with Crippen LogP contribution in [0.25, 0.3) is 0 Å². The monoisotopic (exact) mass is 132 g/mol. The van der Waals surface area contributed by atoms with Gasteiger partial charge in [-0.05, 0) is 6.92 Å². The maximum atomic E-state index is 10.3. The molecule has 0 atom stereocenters. The van der Waals surface area contributed by atoms with Crippen molar-refractivity contribution in [1.82, 2.24) is 10.6 Å². The molecule has 0 aliphatic heterocycles. The summed E-state index contributed by atoms with van der Waals surface area (Å²) in [5, 5.41) is 4.73. The van der Waals surface area contributed by atoms with Gasteiger partial charge in [-0.1, -0.05) is 12.2 Å². The quantitative estimate of drug-likeness (QED) is 0.464. The Morgan fingerprint density at radius 2 is 2.12 bits per heavy atom. The van der Waals surface area contributed by atoms with Gasteiger partial charge in [0.1, 0.15) is 0 Å². The van der Waals surface area contributed by atoms with E-state index in [1.54, 1.807) is 6.92 Å². The van der Waals surface area contributed by atoms with Gasteiger partial charge in [-0.3, -0.25) is 0 Å². The van der Waals surface area contributed by atoms with E-state index in [4.69, 9.17) is 0 Å². The predicted octanol–water partition coefficient (Wildman–Crippen LogP) is 0.263. The molecule has 2 N–H and O–H groups in total. The molecule has 0 spiro atoms. The highest BCUT2D eigenvalue weighted by Gasteiger charge is 1.92. The van der Waals surface area contributed by atoms with Gasteiger partial charge in [0.05, 0.1) is 4.99 Å². The van der Waals surface area contributed by atoms with Crippen molar-refractivity contribution < 1.29 is 4.79 Å². The first kappa shape index (κ1) is 7.36. The summed E-state index contributed by atoms with van der Waals surface area (Å²) < 4.78 is 0. The second kappa shape index (κ2) is 3.37. The van der Waals surface area contributed by atoms with Crippen LogP contribution in [-0.2, 0) is 0 Å². The van der Waals surface area contributed by atoms with Gasteiger partial charge < -0.3 is 10.6 Å². The van der Waals surface area contributed by atoms with Gasteiger partial charge in [0, 0.05) is 7.05 Å². The Morgan fingerprint density at radius 1 is 1.62 bits per heavy atom. The van der Waals surface area contributed by atoms with E-state index < -0.39 is 0 Å². The molecule has 0 rings (SSSR count). The molecular formula is C4H8N2OS. The number of amides is 2. The van der Waals surface area contributed by atoms with Crippen LogP contribution in [0.2, 0.25) is 0 Å². The van der Waals surface area contributed by atoms with Gasteiger partial charge in [-0.15, -0.1) is 0 Å². The van der Waals surface area contributed by atoms with Gasteiger partial charge in [-0.25, -0.2) is 4.79 Å². The van der Waals surface area contributed by atoms with Crippen molar-refractivity contribution >= 4 is 23.2 Å². The molecule has 46 valence electrons. The average Bonchev–Trinajstić information content (AvgIpc) is 1.65. The molecule has 0 aromatic rings. The van der Waals surface area contributed by atoms with Crippen LogP contribution in [0.1, 0.15) is 6.92 Å². The first-order chi connectivity index (χ1) is 3.66. The lowest BCUT2D eigenvalue weighted by Crippen LogP contribution is -2.34. The van der Waals surface area contributed by atoms with Crippen molar-refractivity contribution in [2.75, 3.05) is 7.05 Å². The largest absolute Gasteiger partial charge is 0.341 e. The van der Waals surface area contributed by atoms with Crippen LogP contribution >= 0.6 is 12.2 Å². The smallest absolute Gasteiger partial charge is 0.319 e. The lowest BCUT2D eigenvalue weighted by atomic mass is 10.7. The number of hydrogen-bond acceptors (Lipinski definition) is 2. The number of hydrogen-bond donors (Lipinski definition) is 2. The Hall–Kier alpha value is -0.640. The zero-order valence-corrected chi connectivity index (χ0v) is 5.63. The number of rotatable bonds is 0. The molecule has 0 aromatic heterocycles. The summed E-state index contributed by atoms with van der Waals surface area (Å²) >= 11 is 4.57. The van der Waals surface area contributed by atoms with Crippen LogP contribution in [0.5, 0.6) is 0 Å². The molecule has 0 aromatic carbocycles. The lowest BCUT2D eigenvalue weighted by Gasteiger charge is -1.97. The summed E-state index contributed by atoms with van der Waals surface area (Å²) in [5.41, 5.74) is 0. The minimum Gasteiger partial charge on any atom is -0.341 e. The lowest BCUT2D eigenvalue weighted by molar-refractivity contribution is 0.247. The fraction of sp³-hybridized carbons (Fsp3) is 0.500. The van der Waals surface area contributed by atoms with Crippen molar-refractivity contribution in [3.05, 3.63) is 0 Å². The molecule has 8 heavy (non-hydrogen) atoms. The van der Waals surface area contributed by atoms with E-state index in [2.05, 4.69) is 22.9 Å². The number of nitrogens with one attached hydrogen (secondary N) is 2. The Balaban J connectivity index is 3.40. The molecule has 2 amide bonds. The second-order valence-electron chi connectivity index (χ2n) is 1.26. The third-order valence-electron chi connectivity index (χ3n) is 0.517. The van der Waals surface area contributed by atoms with Crippen LogP contribution < -0.4 is 10.6 Å². The Bertz CT molecular complexity index is 113. The number of urea groups is 1. The van der Waals surface area contributed by atoms with Crippen LogP contribution in [0.15, 0.2) is 0 Å². The van der Waals surface area contributed by atoms with Crippen LogP contribution in [-0.4, -0.2) is 18.1 Å².